The Labute approximate surface area is 174 Å². The lowest BCUT2D eigenvalue weighted by molar-refractivity contribution is -0.0953. The minimum atomic E-state index is 0.349. The van der Waals surface area contributed by atoms with Crippen LogP contribution in [0.3, 0.4) is 0 Å². The maximum Gasteiger partial charge on any atom is 0.0350 e. The fraction of sp³-hybridized carbons (Fsp3) is 1.00. The van der Waals surface area contributed by atoms with Gasteiger partial charge in [0.25, 0.3) is 0 Å². The summed E-state index contributed by atoms with van der Waals surface area (Å²) in [4.78, 5) is 11.0. The van der Waals surface area contributed by atoms with E-state index in [1.165, 1.54) is 84.6 Å². The van der Waals surface area contributed by atoms with Crippen LogP contribution in [-0.4, -0.2) is 96.1 Å². The van der Waals surface area contributed by atoms with Gasteiger partial charge in [-0.2, -0.15) is 0 Å². The molecule has 0 aromatic heterocycles. The zero-order valence-corrected chi connectivity index (χ0v) is 19.6. The first-order valence-corrected chi connectivity index (χ1v) is 12.0. The molecule has 0 radical (unpaired) electrons. The van der Waals surface area contributed by atoms with Gasteiger partial charge in [0, 0.05) is 63.4 Å². The van der Waals surface area contributed by atoms with Gasteiger partial charge >= 0.3 is 0 Å². The third kappa shape index (κ3) is 4.61. The van der Waals surface area contributed by atoms with Gasteiger partial charge in [0.15, 0.2) is 0 Å². The molecule has 0 aliphatic carbocycles. The van der Waals surface area contributed by atoms with Crippen LogP contribution in [-0.2, 0) is 0 Å². The first-order chi connectivity index (χ1) is 13.0. The zero-order chi connectivity index (χ0) is 20.2. The highest BCUT2D eigenvalue weighted by Gasteiger charge is 2.48. The monoisotopic (exact) mass is 390 g/mol. The number of rotatable bonds is 3. The lowest BCUT2D eigenvalue weighted by Gasteiger charge is -2.59. The van der Waals surface area contributed by atoms with Crippen LogP contribution in [0.15, 0.2) is 0 Å². The number of hydrogen-bond donors (Lipinski definition) is 0. The van der Waals surface area contributed by atoms with Crippen LogP contribution in [0.5, 0.6) is 0 Å². The zero-order valence-electron chi connectivity index (χ0n) is 19.6. The molecule has 162 valence electrons. The Hall–Kier alpha value is -0.160. The summed E-state index contributed by atoms with van der Waals surface area (Å²) < 4.78 is 0. The van der Waals surface area contributed by atoms with Gasteiger partial charge in [-0.25, -0.2) is 0 Å². The summed E-state index contributed by atoms with van der Waals surface area (Å²) in [6.45, 7) is 26.1. The number of nitrogens with zero attached hydrogens (tertiary/aromatic N) is 4. The van der Waals surface area contributed by atoms with Crippen LogP contribution in [0.2, 0.25) is 0 Å². The quantitative estimate of drug-likeness (QED) is 0.732. The molecule has 0 aromatic carbocycles. The van der Waals surface area contributed by atoms with Crippen LogP contribution in [0.1, 0.15) is 67.2 Å². The minimum absolute atomic E-state index is 0.349. The van der Waals surface area contributed by atoms with Gasteiger partial charge in [0.1, 0.15) is 0 Å². The van der Waals surface area contributed by atoms with Crippen molar-refractivity contribution in [2.45, 2.75) is 84.8 Å². The van der Waals surface area contributed by atoms with Crippen molar-refractivity contribution in [1.29, 1.82) is 0 Å². The Kier molecular flexibility index (Phi) is 5.66. The summed E-state index contributed by atoms with van der Waals surface area (Å²) in [5.74, 6) is 0. The number of likely N-dealkylation sites (tertiary alicyclic amines) is 4. The van der Waals surface area contributed by atoms with E-state index in [0.717, 1.165) is 12.1 Å². The van der Waals surface area contributed by atoms with Crippen LogP contribution < -0.4 is 0 Å². The predicted octanol–water partition coefficient (Wildman–Crippen LogP) is 3.38. The van der Waals surface area contributed by atoms with Crippen LogP contribution in [0.25, 0.3) is 0 Å². The molecule has 4 rings (SSSR count). The third-order valence-electron chi connectivity index (χ3n) is 8.02. The van der Waals surface area contributed by atoms with E-state index in [4.69, 9.17) is 0 Å². The van der Waals surface area contributed by atoms with E-state index in [0.29, 0.717) is 16.4 Å². The molecule has 0 unspecified atom stereocenters. The molecule has 4 aliphatic heterocycles. The highest BCUT2D eigenvalue weighted by atomic mass is 15.3. The Balaban J connectivity index is 1.15. The van der Waals surface area contributed by atoms with Crippen molar-refractivity contribution in [3.05, 3.63) is 0 Å². The molecule has 28 heavy (non-hydrogen) atoms. The Morgan fingerprint density at radius 1 is 0.750 bits per heavy atom. The SMILES string of the molecule is CC(C)(C)CN1CC(N2CCC(N3CC4(CCN(C(C)(C)C)CC4)C3)CC2)C1. The maximum atomic E-state index is 2.84. The van der Waals surface area contributed by atoms with Crippen molar-refractivity contribution in [2.75, 3.05) is 58.9 Å². The highest BCUT2D eigenvalue weighted by molar-refractivity contribution is 5.02. The van der Waals surface area contributed by atoms with Gasteiger partial charge < -0.3 is 0 Å². The lowest BCUT2D eigenvalue weighted by atomic mass is 9.70. The van der Waals surface area contributed by atoms with Gasteiger partial charge in [-0.3, -0.25) is 19.6 Å². The molecule has 4 heteroatoms. The van der Waals surface area contributed by atoms with Crippen molar-refractivity contribution < 1.29 is 0 Å². The van der Waals surface area contributed by atoms with Gasteiger partial charge in [-0.15, -0.1) is 0 Å². The van der Waals surface area contributed by atoms with Gasteiger partial charge in [0.2, 0.25) is 0 Å². The lowest BCUT2D eigenvalue weighted by Crippen LogP contribution is -2.66. The Morgan fingerprint density at radius 2 is 1.32 bits per heavy atom. The average molecular weight is 391 g/mol. The second kappa shape index (κ2) is 7.51. The van der Waals surface area contributed by atoms with Crippen molar-refractivity contribution in [3.8, 4) is 0 Å². The Morgan fingerprint density at radius 3 is 1.82 bits per heavy atom. The first kappa shape index (κ1) is 21.1. The second-order valence-corrected chi connectivity index (χ2v) is 12.7. The molecule has 0 atom stereocenters. The van der Waals surface area contributed by atoms with Crippen LogP contribution in [0, 0.1) is 10.8 Å². The molecule has 4 nitrogen and oxygen atoms in total. The molecule has 4 heterocycles. The first-order valence-electron chi connectivity index (χ1n) is 12.0. The van der Waals surface area contributed by atoms with E-state index in [9.17, 15) is 0 Å². The summed E-state index contributed by atoms with van der Waals surface area (Å²) in [5.41, 5.74) is 1.45. The van der Waals surface area contributed by atoms with E-state index < -0.39 is 0 Å². The van der Waals surface area contributed by atoms with Gasteiger partial charge in [0.05, 0.1) is 0 Å². The minimum Gasteiger partial charge on any atom is -0.300 e. The van der Waals surface area contributed by atoms with Crippen molar-refractivity contribution in [2.24, 2.45) is 10.8 Å². The summed E-state index contributed by atoms with van der Waals surface area (Å²) in [7, 11) is 0. The van der Waals surface area contributed by atoms with E-state index in [2.05, 4.69) is 61.1 Å². The molecule has 4 aliphatic rings. The van der Waals surface area contributed by atoms with Crippen LogP contribution >= 0.6 is 0 Å². The summed E-state index contributed by atoms with van der Waals surface area (Å²) in [6.07, 6.45) is 5.65. The second-order valence-electron chi connectivity index (χ2n) is 12.7. The molecule has 4 fully saturated rings. The van der Waals surface area contributed by atoms with Gasteiger partial charge in [-0.1, -0.05) is 20.8 Å². The largest absolute Gasteiger partial charge is 0.300 e. The predicted molar refractivity (Wildman–Crippen MR) is 119 cm³/mol. The molecule has 0 aromatic rings. The molecular formula is C24H46N4. The maximum absolute atomic E-state index is 2.84. The van der Waals surface area contributed by atoms with Crippen molar-refractivity contribution >= 4 is 0 Å². The van der Waals surface area contributed by atoms with E-state index >= 15 is 0 Å². The average Bonchev–Trinajstić information content (AvgIpc) is 2.54. The number of piperidine rings is 2. The topological polar surface area (TPSA) is 13.0 Å². The molecule has 0 N–H and O–H groups in total. The fourth-order valence-electron chi connectivity index (χ4n) is 6.23. The highest BCUT2D eigenvalue weighted by Crippen LogP contribution is 2.43. The summed E-state index contributed by atoms with van der Waals surface area (Å²) in [5, 5.41) is 0. The molecule has 1 spiro atoms. The third-order valence-corrected chi connectivity index (χ3v) is 8.02. The molecule has 4 saturated heterocycles. The number of hydrogen-bond acceptors (Lipinski definition) is 4. The molecular weight excluding hydrogens is 344 g/mol. The van der Waals surface area contributed by atoms with E-state index in [1.807, 2.05) is 0 Å². The molecule has 0 saturated carbocycles. The fourth-order valence-corrected chi connectivity index (χ4v) is 6.23. The van der Waals surface area contributed by atoms with Crippen LogP contribution in [0.4, 0.5) is 0 Å². The van der Waals surface area contributed by atoms with Crippen molar-refractivity contribution in [1.82, 2.24) is 19.6 Å². The van der Waals surface area contributed by atoms with E-state index in [1.54, 1.807) is 0 Å². The molecule has 0 amide bonds. The Bertz CT molecular complexity index is 516. The standard InChI is InChI=1S/C24H46N4/c1-22(2,3)17-25-15-21(16-25)26-11-7-20(8-12-26)27-18-24(19-27)9-13-28(14-10-24)23(4,5)6/h20-21H,7-19H2,1-6H3. The summed E-state index contributed by atoms with van der Waals surface area (Å²) >= 11 is 0. The van der Waals surface area contributed by atoms with E-state index in [-0.39, 0.29) is 0 Å². The summed E-state index contributed by atoms with van der Waals surface area (Å²) in [6, 6.07) is 1.71. The normalized spacial score (nSPS) is 29.8. The van der Waals surface area contributed by atoms with Gasteiger partial charge in [-0.05, 0) is 70.4 Å². The van der Waals surface area contributed by atoms with Crippen molar-refractivity contribution in [3.63, 3.8) is 0 Å². The smallest absolute Gasteiger partial charge is 0.0350 e. The molecule has 0 bridgehead atoms.